The molecule has 0 atom stereocenters. The fourth-order valence-electron chi connectivity index (χ4n) is 1.86. The number of nitrogens with zero attached hydrogens (tertiary/aromatic N) is 1. The number of nitrogens with two attached hydrogens (primary N) is 1. The number of cyclic esters (lactones) is 1. The number of hydrogen-bond donors (Lipinski definition) is 1. The lowest BCUT2D eigenvalue weighted by Crippen LogP contribution is -2.24. The van der Waals surface area contributed by atoms with Crippen molar-refractivity contribution in [1.82, 2.24) is 0 Å². The molecule has 0 unspecified atom stereocenters. The van der Waals surface area contributed by atoms with Gasteiger partial charge < -0.3 is 19.9 Å². The van der Waals surface area contributed by atoms with Gasteiger partial charge in [-0.3, -0.25) is 4.90 Å². The van der Waals surface area contributed by atoms with Gasteiger partial charge in [-0.2, -0.15) is 0 Å². The standard InChI is InChI=1S/C11H13ClN2O4.ClH/c1-16-9-6(12)5-7(10(17-2)8(9)13)14-3-4-18-11(14)15;/h5H,3-4,13H2,1-2H3;1H. The number of carbonyl (C=O) groups excluding carboxylic acids is 1. The van der Waals surface area contributed by atoms with E-state index < -0.39 is 6.09 Å². The average Bonchev–Trinajstić information content (AvgIpc) is 2.75. The molecule has 106 valence electrons. The number of anilines is 2. The van der Waals surface area contributed by atoms with Crippen LogP contribution in [0.4, 0.5) is 16.2 Å². The second-order valence-corrected chi connectivity index (χ2v) is 4.03. The van der Waals surface area contributed by atoms with Crippen LogP contribution in [0.2, 0.25) is 5.02 Å². The average molecular weight is 309 g/mol. The van der Waals surface area contributed by atoms with Crippen LogP contribution in [0.3, 0.4) is 0 Å². The number of halogens is 2. The van der Waals surface area contributed by atoms with Gasteiger partial charge in [0, 0.05) is 0 Å². The van der Waals surface area contributed by atoms with Gasteiger partial charge in [-0.15, -0.1) is 12.4 Å². The Labute approximate surface area is 121 Å². The van der Waals surface area contributed by atoms with E-state index in [1.165, 1.54) is 19.1 Å². The highest BCUT2D eigenvalue weighted by atomic mass is 35.5. The molecule has 19 heavy (non-hydrogen) atoms. The minimum atomic E-state index is -0.450. The predicted molar refractivity (Wildman–Crippen MR) is 74.9 cm³/mol. The summed E-state index contributed by atoms with van der Waals surface area (Å²) < 4.78 is 15.2. The first kappa shape index (κ1) is 15.5. The number of carbonyl (C=O) groups is 1. The molecule has 0 bridgehead atoms. The third-order valence-corrected chi connectivity index (χ3v) is 2.94. The Bertz CT molecular complexity index is 496. The van der Waals surface area contributed by atoms with E-state index in [9.17, 15) is 4.79 Å². The minimum absolute atomic E-state index is 0. The molecule has 8 heteroatoms. The molecule has 1 aromatic rings. The van der Waals surface area contributed by atoms with Gasteiger partial charge in [0.2, 0.25) is 0 Å². The number of hydrogen-bond acceptors (Lipinski definition) is 5. The normalized spacial score (nSPS) is 13.8. The first-order valence-electron chi connectivity index (χ1n) is 5.24. The van der Waals surface area contributed by atoms with Gasteiger partial charge in [0.15, 0.2) is 11.5 Å². The topological polar surface area (TPSA) is 74.0 Å². The first-order valence-corrected chi connectivity index (χ1v) is 5.62. The SMILES string of the molecule is COc1c(Cl)cc(N2CCOC2=O)c(OC)c1N.Cl. The van der Waals surface area contributed by atoms with Crippen molar-refractivity contribution >= 4 is 41.5 Å². The van der Waals surface area contributed by atoms with E-state index in [1.807, 2.05) is 0 Å². The molecular weight excluding hydrogens is 295 g/mol. The lowest BCUT2D eigenvalue weighted by molar-refractivity contribution is 0.181. The quantitative estimate of drug-likeness (QED) is 0.867. The molecule has 1 saturated heterocycles. The third kappa shape index (κ3) is 2.59. The van der Waals surface area contributed by atoms with Crippen molar-refractivity contribution in [1.29, 1.82) is 0 Å². The van der Waals surface area contributed by atoms with Crippen molar-refractivity contribution in [2.24, 2.45) is 0 Å². The monoisotopic (exact) mass is 308 g/mol. The maximum absolute atomic E-state index is 11.6. The van der Waals surface area contributed by atoms with Crippen LogP contribution < -0.4 is 20.1 Å². The number of benzene rings is 1. The van der Waals surface area contributed by atoms with Gasteiger partial charge in [0.25, 0.3) is 0 Å². The van der Waals surface area contributed by atoms with Crippen LogP contribution >= 0.6 is 24.0 Å². The zero-order valence-electron chi connectivity index (χ0n) is 10.4. The van der Waals surface area contributed by atoms with E-state index in [4.69, 9.17) is 31.5 Å². The number of ether oxygens (including phenoxy) is 3. The second kappa shape index (κ2) is 6.08. The predicted octanol–water partition coefficient (Wildman–Crippen LogP) is 2.32. The maximum Gasteiger partial charge on any atom is 0.414 e. The van der Waals surface area contributed by atoms with Crippen molar-refractivity contribution in [2.75, 3.05) is 38.0 Å². The van der Waals surface area contributed by atoms with Gasteiger partial charge in [-0.05, 0) is 6.07 Å². The van der Waals surface area contributed by atoms with Crippen LogP contribution in [-0.2, 0) is 4.74 Å². The molecule has 2 rings (SSSR count). The number of rotatable bonds is 3. The fraction of sp³-hybridized carbons (Fsp3) is 0.364. The Morgan fingerprint density at radius 1 is 1.37 bits per heavy atom. The van der Waals surface area contributed by atoms with E-state index in [0.29, 0.717) is 35.4 Å². The highest BCUT2D eigenvalue weighted by Gasteiger charge is 2.29. The molecule has 1 fully saturated rings. The van der Waals surface area contributed by atoms with Crippen molar-refractivity contribution in [3.05, 3.63) is 11.1 Å². The Morgan fingerprint density at radius 2 is 2.00 bits per heavy atom. The summed E-state index contributed by atoms with van der Waals surface area (Å²) >= 11 is 6.05. The molecule has 1 aliphatic rings. The van der Waals surface area contributed by atoms with E-state index in [0.717, 1.165) is 0 Å². The second-order valence-electron chi connectivity index (χ2n) is 3.62. The summed E-state index contributed by atoms with van der Waals surface area (Å²) in [5.41, 5.74) is 6.63. The van der Waals surface area contributed by atoms with Crippen LogP contribution in [-0.4, -0.2) is 33.5 Å². The van der Waals surface area contributed by atoms with Crippen LogP contribution in [0.15, 0.2) is 6.07 Å². The molecule has 0 saturated carbocycles. The van der Waals surface area contributed by atoms with Gasteiger partial charge in [-0.25, -0.2) is 4.79 Å². The lowest BCUT2D eigenvalue weighted by Gasteiger charge is -2.20. The molecule has 0 spiro atoms. The van der Waals surface area contributed by atoms with E-state index in [2.05, 4.69) is 0 Å². The van der Waals surface area contributed by atoms with Crippen molar-refractivity contribution in [3.8, 4) is 11.5 Å². The van der Waals surface area contributed by atoms with E-state index >= 15 is 0 Å². The zero-order chi connectivity index (χ0) is 13.3. The molecule has 0 aliphatic carbocycles. The molecule has 0 radical (unpaired) electrons. The smallest absolute Gasteiger partial charge is 0.414 e. The van der Waals surface area contributed by atoms with Crippen molar-refractivity contribution in [3.63, 3.8) is 0 Å². The molecule has 6 nitrogen and oxygen atoms in total. The summed E-state index contributed by atoms with van der Waals surface area (Å²) in [6.45, 7) is 0.753. The highest BCUT2D eigenvalue weighted by Crippen LogP contribution is 2.45. The summed E-state index contributed by atoms with van der Waals surface area (Å²) in [6, 6.07) is 1.57. The number of amides is 1. The number of nitrogen functional groups attached to an aromatic ring is 1. The third-order valence-electron chi connectivity index (χ3n) is 2.66. The maximum atomic E-state index is 11.6. The van der Waals surface area contributed by atoms with Gasteiger partial charge >= 0.3 is 6.09 Å². The molecular formula is C11H14Cl2N2O4. The van der Waals surface area contributed by atoms with Crippen LogP contribution in [0.1, 0.15) is 0 Å². The largest absolute Gasteiger partial charge is 0.493 e. The van der Waals surface area contributed by atoms with Crippen LogP contribution in [0.25, 0.3) is 0 Å². The summed E-state index contributed by atoms with van der Waals surface area (Å²) in [5.74, 6) is 0.667. The molecule has 0 aromatic heterocycles. The van der Waals surface area contributed by atoms with Crippen LogP contribution in [0, 0.1) is 0 Å². The summed E-state index contributed by atoms with van der Waals surface area (Å²) in [5, 5.41) is 0.311. The van der Waals surface area contributed by atoms with Crippen LogP contribution in [0.5, 0.6) is 11.5 Å². The number of methoxy groups -OCH3 is 2. The van der Waals surface area contributed by atoms with Gasteiger partial charge in [0.1, 0.15) is 12.3 Å². The molecule has 1 aliphatic heterocycles. The van der Waals surface area contributed by atoms with Crippen molar-refractivity contribution < 1.29 is 19.0 Å². The summed E-state index contributed by atoms with van der Waals surface area (Å²) in [4.78, 5) is 13.0. The Kier molecular flexibility index (Phi) is 4.97. The zero-order valence-corrected chi connectivity index (χ0v) is 12.0. The summed E-state index contributed by atoms with van der Waals surface area (Å²) in [7, 11) is 2.92. The van der Waals surface area contributed by atoms with Crippen molar-refractivity contribution in [2.45, 2.75) is 0 Å². The van der Waals surface area contributed by atoms with E-state index in [-0.39, 0.29) is 18.1 Å². The molecule has 1 heterocycles. The minimum Gasteiger partial charge on any atom is -0.493 e. The first-order chi connectivity index (χ1) is 8.60. The van der Waals surface area contributed by atoms with Gasteiger partial charge in [0.05, 0.1) is 31.5 Å². The molecule has 2 N–H and O–H groups in total. The Morgan fingerprint density at radius 3 is 2.47 bits per heavy atom. The molecule has 1 aromatic carbocycles. The Hall–Kier alpha value is -1.53. The lowest BCUT2D eigenvalue weighted by atomic mass is 10.2. The fourth-order valence-corrected chi connectivity index (χ4v) is 2.14. The summed E-state index contributed by atoms with van der Waals surface area (Å²) in [6.07, 6.45) is -0.450. The Balaban J connectivity index is 0.00000180. The molecule has 1 amide bonds. The van der Waals surface area contributed by atoms with E-state index in [1.54, 1.807) is 6.07 Å². The van der Waals surface area contributed by atoms with Gasteiger partial charge in [-0.1, -0.05) is 11.6 Å². The highest BCUT2D eigenvalue weighted by molar-refractivity contribution is 6.33.